The molecular formula is C19H14F3N3O6S. The quantitative estimate of drug-likeness (QED) is 0.376. The molecule has 2 N–H and O–H groups in total. The molecule has 0 saturated heterocycles. The summed E-state index contributed by atoms with van der Waals surface area (Å²) in [4.78, 5) is 46.5. The van der Waals surface area contributed by atoms with Gasteiger partial charge in [-0.3, -0.25) is 24.5 Å². The van der Waals surface area contributed by atoms with Crippen LogP contribution >= 0.6 is 11.8 Å². The number of benzene rings is 2. The van der Waals surface area contributed by atoms with Crippen LogP contribution in [0.5, 0.6) is 0 Å². The van der Waals surface area contributed by atoms with Crippen LogP contribution in [0, 0.1) is 10.1 Å². The molecule has 0 spiro atoms. The van der Waals surface area contributed by atoms with Gasteiger partial charge >= 0.3 is 12.1 Å². The Bertz CT molecular complexity index is 1090. The van der Waals surface area contributed by atoms with Crippen LogP contribution < -0.4 is 10.6 Å². The number of hydrogen-bond acceptors (Lipinski definition) is 7. The number of alkyl halides is 3. The van der Waals surface area contributed by atoms with E-state index in [1.54, 1.807) is 24.3 Å². The number of anilines is 2. The first-order valence-corrected chi connectivity index (χ1v) is 9.80. The first kappa shape index (κ1) is 23.1. The Kier molecular flexibility index (Phi) is 6.67. The van der Waals surface area contributed by atoms with Gasteiger partial charge < -0.3 is 15.4 Å². The first-order chi connectivity index (χ1) is 15.0. The largest absolute Gasteiger partial charge is 0.456 e. The van der Waals surface area contributed by atoms with Crippen molar-refractivity contribution in [3.8, 4) is 0 Å². The second kappa shape index (κ2) is 9.26. The van der Waals surface area contributed by atoms with E-state index in [1.807, 2.05) is 5.32 Å². The molecule has 0 saturated carbocycles. The van der Waals surface area contributed by atoms with E-state index < -0.39 is 57.7 Å². The van der Waals surface area contributed by atoms with Crippen LogP contribution in [0.2, 0.25) is 0 Å². The molecule has 0 radical (unpaired) electrons. The molecule has 2 amide bonds. The lowest BCUT2D eigenvalue weighted by molar-refractivity contribution is -0.385. The van der Waals surface area contributed by atoms with Gasteiger partial charge in [0.05, 0.1) is 33.5 Å². The third-order valence-corrected chi connectivity index (χ3v) is 5.49. The molecule has 0 aliphatic carbocycles. The monoisotopic (exact) mass is 469 g/mol. The minimum atomic E-state index is -4.97. The average Bonchev–Trinajstić information content (AvgIpc) is 2.72. The molecule has 32 heavy (non-hydrogen) atoms. The van der Waals surface area contributed by atoms with Crippen LogP contribution in [-0.4, -0.2) is 34.6 Å². The van der Waals surface area contributed by atoms with E-state index in [4.69, 9.17) is 4.74 Å². The highest BCUT2D eigenvalue weighted by Crippen LogP contribution is 2.38. The van der Waals surface area contributed by atoms with Crippen LogP contribution in [0.1, 0.15) is 12.0 Å². The lowest BCUT2D eigenvalue weighted by Crippen LogP contribution is -2.32. The summed E-state index contributed by atoms with van der Waals surface area (Å²) in [6.45, 7) is -0.900. The zero-order valence-electron chi connectivity index (χ0n) is 16.0. The van der Waals surface area contributed by atoms with Crippen molar-refractivity contribution in [3.63, 3.8) is 0 Å². The van der Waals surface area contributed by atoms with Crippen molar-refractivity contribution in [1.29, 1.82) is 0 Å². The standard InChI is InChI=1S/C19H14F3N3O6S/c20-19(21,22)11-7-10(25(29)30)5-6-12(11)23-16(26)9-31-17(27)8-15-18(28)24-13-3-1-2-4-14(13)32-15/h1-7,15H,8-9H2,(H,23,26)(H,24,28)/t15-/m1/s1. The number of nitrogens with zero attached hydrogens (tertiary/aromatic N) is 1. The van der Waals surface area contributed by atoms with E-state index in [-0.39, 0.29) is 6.42 Å². The van der Waals surface area contributed by atoms with E-state index in [9.17, 15) is 37.7 Å². The minimum Gasteiger partial charge on any atom is -0.456 e. The third kappa shape index (κ3) is 5.55. The maximum atomic E-state index is 13.2. The van der Waals surface area contributed by atoms with Gasteiger partial charge in [-0.05, 0) is 18.2 Å². The zero-order chi connectivity index (χ0) is 23.5. The molecule has 168 valence electrons. The van der Waals surface area contributed by atoms with Crippen molar-refractivity contribution in [1.82, 2.24) is 0 Å². The fourth-order valence-electron chi connectivity index (χ4n) is 2.76. The van der Waals surface area contributed by atoms with Crippen molar-refractivity contribution >= 4 is 46.6 Å². The Morgan fingerprint density at radius 3 is 2.62 bits per heavy atom. The van der Waals surface area contributed by atoms with Crippen LogP contribution in [0.15, 0.2) is 47.4 Å². The molecule has 1 aliphatic rings. The topological polar surface area (TPSA) is 128 Å². The second-order valence-electron chi connectivity index (χ2n) is 6.49. The highest BCUT2D eigenvalue weighted by atomic mass is 32.2. The van der Waals surface area contributed by atoms with Gasteiger partial charge in [0, 0.05) is 17.0 Å². The van der Waals surface area contributed by atoms with Gasteiger partial charge in [-0.15, -0.1) is 11.8 Å². The fraction of sp³-hybridized carbons (Fsp3) is 0.211. The summed E-state index contributed by atoms with van der Waals surface area (Å²) in [6, 6.07) is 8.78. The molecule has 0 bridgehead atoms. The molecule has 2 aromatic carbocycles. The number of non-ortho nitro benzene ring substituents is 1. The van der Waals surface area contributed by atoms with Crippen LogP contribution in [0.3, 0.4) is 0 Å². The predicted octanol–water partition coefficient (Wildman–Crippen LogP) is 3.60. The maximum Gasteiger partial charge on any atom is 0.418 e. The number of hydrogen-bond donors (Lipinski definition) is 2. The van der Waals surface area contributed by atoms with Gasteiger partial charge in [0.1, 0.15) is 0 Å². The van der Waals surface area contributed by atoms with Crippen molar-refractivity contribution in [2.24, 2.45) is 0 Å². The van der Waals surface area contributed by atoms with E-state index in [0.717, 1.165) is 28.8 Å². The molecule has 0 unspecified atom stereocenters. The van der Waals surface area contributed by atoms with E-state index in [0.29, 0.717) is 11.8 Å². The number of amides is 2. The number of rotatable bonds is 6. The molecule has 3 rings (SSSR count). The summed E-state index contributed by atoms with van der Waals surface area (Å²) < 4.78 is 44.2. The maximum absolute atomic E-state index is 13.2. The third-order valence-electron chi connectivity index (χ3n) is 4.22. The number of esters is 1. The Morgan fingerprint density at radius 1 is 1.22 bits per heavy atom. The molecule has 0 fully saturated rings. The summed E-state index contributed by atoms with van der Waals surface area (Å²) in [7, 11) is 0. The summed E-state index contributed by atoms with van der Waals surface area (Å²) in [5, 5.41) is 14.5. The molecule has 1 aliphatic heterocycles. The Balaban J connectivity index is 1.58. The van der Waals surface area contributed by atoms with Crippen LogP contribution in [-0.2, 0) is 25.3 Å². The highest BCUT2D eigenvalue weighted by molar-refractivity contribution is 8.01. The van der Waals surface area contributed by atoms with E-state index >= 15 is 0 Å². The first-order valence-electron chi connectivity index (χ1n) is 8.92. The van der Waals surface area contributed by atoms with Crippen LogP contribution in [0.25, 0.3) is 0 Å². The highest BCUT2D eigenvalue weighted by Gasteiger charge is 2.36. The number of nitrogens with one attached hydrogen (secondary N) is 2. The number of nitro groups is 1. The van der Waals surface area contributed by atoms with E-state index in [2.05, 4.69) is 5.32 Å². The molecule has 0 aromatic heterocycles. The molecule has 9 nitrogen and oxygen atoms in total. The normalized spacial score (nSPS) is 15.3. The Hall–Kier alpha value is -3.61. The minimum absolute atomic E-state index is 0.290. The number of halogens is 3. The molecule has 1 atom stereocenters. The summed E-state index contributed by atoms with van der Waals surface area (Å²) in [5.74, 6) is -2.40. The van der Waals surface area contributed by atoms with Gasteiger partial charge in [-0.2, -0.15) is 13.2 Å². The zero-order valence-corrected chi connectivity index (χ0v) is 16.8. The number of fused-ring (bicyclic) bond motifs is 1. The Labute approximate surface area is 182 Å². The second-order valence-corrected chi connectivity index (χ2v) is 7.73. The van der Waals surface area contributed by atoms with Gasteiger partial charge in [-0.1, -0.05) is 12.1 Å². The molecule has 1 heterocycles. The number of carbonyl (C=O) groups is 3. The molecule has 2 aromatic rings. The Morgan fingerprint density at radius 2 is 1.94 bits per heavy atom. The number of ether oxygens (including phenoxy) is 1. The molecule has 13 heteroatoms. The van der Waals surface area contributed by atoms with Gasteiger partial charge in [0.25, 0.3) is 11.6 Å². The van der Waals surface area contributed by atoms with Gasteiger partial charge in [0.15, 0.2) is 6.61 Å². The van der Waals surface area contributed by atoms with Crippen molar-refractivity contribution in [2.45, 2.75) is 22.7 Å². The molecular weight excluding hydrogens is 455 g/mol. The van der Waals surface area contributed by atoms with Crippen LogP contribution in [0.4, 0.5) is 30.2 Å². The summed E-state index contributed by atoms with van der Waals surface area (Å²) >= 11 is 1.15. The lowest BCUT2D eigenvalue weighted by atomic mass is 10.1. The van der Waals surface area contributed by atoms with Gasteiger partial charge in [-0.25, -0.2) is 0 Å². The predicted molar refractivity (Wildman–Crippen MR) is 107 cm³/mol. The van der Waals surface area contributed by atoms with Crippen molar-refractivity contribution < 1.29 is 37.2 Å². The average molecular weight is 469 g/mol. The number of nitro benzene ring substituents is 1. The van der Waals surface area contributed by atoms with E-state index in [1.165, 1.54) is 0 Å². The number of thioether (sulfide) groups is 1. The SMILES string of the molecule is O=C(COC(=O)C[C@H]1Sc2ccccc2NC1=O)Nc1ccc([N+](=O)[O-])cc1C(F)(F)F. The number of carbonyl (C=O) groups excluding carboxylic acids is 3. The summed E-state index contributed by atoms with van der Waals surface area (Å²) in [6.07, 6.45) is -5.32. The summed E-state index contributed by atoms with van der Waals surface area (Å²) in [5.41, 5.74) is -2.33. The number of para-hydroxylation sites is 1. The van der Waals surface area contributed by atoms with Gasteiger partial charge in [0.2, 0.25) is 5.91 Å². The lowest BCUT2D eigenvalue weighted by Gasteiger charge is -2.23. The fourth-order valence-corrected chi connectivity index (χ4v) is 3.85. The van der Waals surface area contributed by atoms with Crippen molar-refractivity contribution in [3.05, 3.63) is 58.1 Å². The smallest absolute Gasteiger partial charge is 0.418 e. The van der Waals surface area contributed by atoms with Crippen molar-refractivity contribution in [2.75, 3.05) is 17.2 Å².